The summed E-state index contributed by atoms with van der Waals surface area (Å²) in [6, 6.07) is 11.7. The van der Waals surface area contributed by atoms with Crippen molar-refractivity contribution in [3.63, 3.8) is 0 Å². The Kier molecular flexibility index (Phi) is 7.96. The molecule has 0 spiro atoms. The highest BCUT2D eigenvalue weighted by Crippen LogP contribution is 2.38. The van der Waals surface area contributed by atoms with E-state index in [0.717, 1.165) is 22.2 Å². The Balaban J connectivity index is 1.74. The summed E-state index contributed by atoms with van der Waals surface area (Å²) in [7, 11) is 0. The summed E-state index contributed by atoms with van der Waals surface area (Å²) in [5, 5.41) is -0.500. The number of esters is 1. The first-order chi connectivity index (χ1) is 14.8. The van der Waals surface area contributed by atoms with Crippen LogP contribution in [0.1, 0.15) is 23.6 Å². The van der Waals surface area contributed by atoms with Gasteiger partial charge in [-0.3, -0.25) is 19.3 Å². The summed E-state index contributed by atoms with van der Waals surface area (Å²) in [5.41, 5.74) is 2.92. The van der Waals surface area contributed by atoms with Crippen LogP contribution in [0.15, 0.2) is 50.2 Å². The summed E-state index contributed by atoms with van der Waals surface area (Å²) in [4.78, 5) is 37.4. The molecule has 6 nitrogen and oxygen atoms in total. The number of amides is 2. The SMILES string of the molecule is CCOC(=O)CN1C(=O)S/C(=C\c2cc(Br)c(OCc3ccc(C)cc3)c(Br)c2)C1=O. The second-order valence-electron chi connectivity index (χ2n) is 6.66. The third-order valence-corrected chi connectivity index (χ3v) is 6.37. The molecule has 1 aliphatic heterocycles. The zero-order chi connectivity index (χ0) is 22.5. The van der Waals surface area contributed by atoms with Crippen molar-refractivity contribution in [3.8, 4) is 5.75 Å². The number of aryl methyl sites for hydroxylation is 1. The van der Waals surface area contributed by atoms with Gasteiger partial charge >= 0.3 is 5.97 Å². The number of carbonyl (C=O) groups is 3. The van der Waals surface area contributed by atoms with Gasteiger partial charge in [0.15, 0.2) is 0 Å². The van der Waals surface area contributed by atoms with Crippen molar-refractivity contribution in [1.82, 2.24) is 4.90 Å². The minimum Gasteiger partial charge on any atom is -0.487 e. The summed E-state index contributed by atoms with van der Waals surface area (Å²) >= 11 is 7.80. The molecule has 2 aromatic carbocycles. The van der Waals surface area contributed by atoms with Crippen LogP contribution in [0.3, 0.4) is 0 Å². The molecule has 31 heavy (non-hydrogen) atoms. The molecular weight excluding hydrogens is 550 g/mol. The lowest BCUT2D eigenvalue weighted by molar-refractivity contribution is -0.145. The van der Waals surface area contributed by atoms with E-state index >= 15 is 0 Å². The van der Waals surface area contributed by atoms with Crippen molar-refractivity contribution in [2.24, 2.45) is 0 Å². The lowest BCUT2D eigenvalue weighted by atomic mass is 10.1. The molecule has 0 saturated carbocycles. The number of hydrogen-bond acceptors (Lipinski definition) is 6. The van der Waals surface area contributed by atoms with Crippen molar-refractivity contribution in [2.45, 2.75) is 20.5 Å². The molecule has 1 fully saturated rings. The average molecular weight is 569 g/mol. The number of benzene rings is 2. The second-order valence-corrected chi connectivity index (χ2v) is 9.36. The summed E-state index contributed by atoms with van der Waals surface area (Å²) in [6.07, 6.45) is 1.61. The molecule has 0 atom stereocenters. The third kappa shape index (κ3) is 5.99. The van der Waals surface area contributed by atoms with Crippen molar-refractivity contribution >= 4 is 66.8 Å². The van der Waals surface area contributed by atoms with E-state index in [2.05, 4.69) is 31.9 Å². The first-order valence-electron chi connectivity index (χ1n) is 9.37. The number of ether oxygens (including phenoxy) is 2. The smallest absolute Gasteiger partial charge is 0.326 e. The number of rotatable bonds is 7. The molecule has 162 valence electrons. The highest BCUT2D eigenvalue weighted by atomic mass is 79.9. The topological polar surface area (TPSA) is 72.9 Å². The van der Waals surface area contributed by atoms with Crippen LogP contribution in [0.4, 0.5) is 4.79 Å². The molecule has 2 amide bonds. The highest BCUT2D eigenvalue weighted by Gasteiger charge is 2.36. The van der Waals surface area contributed by atoms with Gasteiger partial charge in [-0.1, -0.05) is 29.8 Å². The van der Waals surface area contributed by atoms with Gasteiger partial charge in [0.2, 0.25) is 0 Å². The Labute approximate surface area is 201 Å². The largest absolute Gasteiger partial charge is 0.487 e. The van der Waals surface area contributed by atoms with Crippen LogP contribution in [0.2, 0.25) is 0 Å². The van der Waals surface area contributed by atoms with Crippen LogP contribution in [0, 0.1) is 6.92 Å². The number of hydrogen-bond donors (Lipinski definition) is 0. The fourth-order valence-corrected chi connectivity index (χ4v) is 5.05. The van der Waals surface area contributed by atoms with E-state index in [9.17, 15) is 14.4 Å². The molecule has 1 saturated heterocycles. The first kappa shape index (κ1) is 23.6. The standard InChI is InChI=1S/C22H19Br2NO5S/c1-3-29-19(26)11-25-21(27)18(31-22(25)28)10-15-8-16(23)20(17(24)9-15)30-12-14-6-4-13(2)5-7-14/h4-10H,3,11-12H2,1-2H3/b18-10-. The molecule has 0 bridgehead atoms. The van der Waals surface area contributed by atoms with E-state index in [4.69, 9.17) is 9.47 Å². The lowest BCUT2D eigenvalue weighted by Gasteiger charge is -2.12. The zero-order valence-corrected chi connectivity index (χ0v) is 20.8. The predicted octanol–water partition coefficient (Wildman–Crippen LogP) is 5.70. The van der Waals surface area contributed by atoms with Crippen LogP contribution >= 0.6 is 43.6 Å². The highest BCUT2D eigenvalue weighted by molar-refractivity contribution is 9.11. The maximum absolute atomic E-state index is 12.5. The van der Waals surface area contributed by atoms with Crippen LogP contribution in [-0.2, 0) is 20.9 Å². The van der Waals surface area contributed by atoms with E-state index in [0.29, 0.717) is 26.9 Å². The Bertz CT molecular complexity index is 1030. The minimum absolute atomic E-state index is 0.186. The van der Waals surface area contributed by atoms with Crippen LogP contribution in [0.5, 0.6) is 5.75 Å². The van der Waals surface area contributed by atoms with Crippen molar-refractivity contribution in [3.05, 3.63) is 66.9 Å². The maximum Gasteiger partial charge on any atom is 0.326 e. The van der Waals surface area contributed by atoms with Gasteiger partial charge < -0.3 is 9.47 Å². The van der Waals surface area contributed by atoms with E-state index in [1.807, 2.05) is 31.2 Å². The molecule has 1 aliphatic rings. The van der Waals surface area contributed by atoms with Gasteiger partial charge in [-0.2, -0.15) is 0 Å². The fraction of sp³-hybridized carbons (Fsp3) is 0.227. The first-order valence-corrected chi connectivity index (χ1v) is 11.8. The Hall–Kier alpha value is -2.10. The molecule has 0 radical (unpaired) electrons. The number of thioether (sulfide) groups is 1. The summed E-state index contributed by atoms with van der Waals surface area (Å²) in [6.45, 7) is 3.89. The van der Waals surface area contributed by atoms with Crippen LogP contribution in [-0.4, -0.2) is 35.2 Å². The molecule has 0 aromatic heterocycles. The molecule has 0 aliphatic carbocycles. The quantitative estimate of drug-likeness (QED) is 0.315. The average Bonchev–Trinajstić information content (AvgIpc) is 2.96. The lowest BCUT2D eigenvalue weighted by Crippen LogP contribution is -2.34. The van der Waals surface area contributed by atoms with Crippen LogP contribution in [0.25, 0.3) is 6.08 Å². The van der Waals surface area contributed by atoms with E-state index in [-0.39, 0.29) is 11.5 Å². The van der Waals surface area contributed by atoms with Crippen LogP contribution < -0.4 is 4.74 Å². The summed E-state index contributed by atoms with van der Waals surface area (Å²) in [5.74, 6) is -0.505. The fourth-order valence-electron chi connectivity index (χ4n) is 2.76. The summed E-state index contributed by atoms with van der Waals surface area (Å²) < 4.78 is 12.2. The monoisotopic (exact) mass is 567 g/mol. The van der Waals surface area contributed by atoms with Crippen molar-refractivity contribution < 1.29 is 23.9 Å². The Morgan fingerprint density at radius 3 is 2.39 bits per heavy atom. The number of imide groups is 1. The number of halogens is 2. The van der Waals surface area contributed by atoms with Gasteiger partial charge in [0.05, 0.1) is 20.5 Å². The van der Waals surface area contributed by atoms with Gasteiger partial charge in [0.25, 0.3) is 11.1 Å². The molecule has 0 N–H and O–H groups in total. The van der Waals surface area contributed by atoms with E-state index in [1.54, 1.807) is 25.1 Å². The van der Waals surface area contributed by atoms with Gasteiger partial charge in [-0.15, -0.1) is 0 Å². The molecule has 1 heterocycles. The predicted molar refractivity (Wildman–Crippen MR) is 127 cm³/mol. The number of carbonyl (C=O) groups excluding carboxylic acids is 3. The Morgan fingerprint density at radius 1 is 1.13 bits per heavy atom. The van der Waals surface area contributed by atoms with Gasteiger partial charge in [-0.25, -0.2) is 0 Å². The minimum atomic E-state index is -0.619. The number of nitrogens with zero attached hydrogens (tertiary/aromatic N) is 1. The van der Waals surface area contributed by atoms with Crippen molar-refractivity contribution in [1.29, 1.82) is 0 Å². The maximum atomic E-state index is 12.5. The zero-order valence-electron chi connectivity index (χ0n) is 16.8. The van der Waals surface area contributed by atoms with E-state index in [1.165, 1.54) is 5.56 Å². The molecular formula is C22H19Br2NO5S. The molecule has 0 unspecified atom stereocenters. The third-order valence-electron chi connectivity index (χ3n) is 4.29. The molecule has 3 rings (SSSR count). The van der Waals surface area contributed by atoms with E-state index < -0.39 is 23.7 Å². The Morgan fingerprint density at radius 2 is 1.77 bits per heavy atom. The van der Waals surface area contributed by atoms with Crippen molar-refractivity contribution in [2.75, 3.05) is 13.2 Å². The molecule has 9 heteroatoms. The molecule has 2 aromatic rings. The normalized spacial score (nSPS) is 15.0. The second kappa shape index (κ2) is 10.5. The van der Waals surface area contributed by atoms with Gasteiger partial charge in [0, 0.05) is 0 Å². The van der Waals surface area contributed by atoms with Gasteiger partial charge in [0.1, 0.15) is 18.9 Å². The van der Waals surface area contributed by atoms with Gasteiger partial charge in [-0.05, 0) is 86.8 Å².